The van der Waals surface area contributed by atoms with Gasteiger partial charge in [0.15, 0.2) is 6.10 Å². The van der Waals surface area contributed by atoms with Crippen LogP contribution < -0.4 is 0 Å². The van der Waals surface area contributed by atoms with Gasteiger partial charge in [-0.05, 0) is 13.8 Å². The van der Waals surface area contributed by atoms with Crippen molar-refractivity contribution in [3.05, 3.63) is 6.92 Å². The summed E-state index contributed by atoms with van der Waals surface area (Å²) in [5.41, 5.74) is 0. The van der Waals surface area contributed by atoms with Crippen molar-refractivity contribution in [2.24, 2.45) is 0 Å². The molecule has 0 fully saturated rings. The molecule has 0 aliphatic rings. The molecule has 0 aliphatic carbocycles. The van der Waals surface area contributed by atoms with Crippen LogP contribution in [0.4, 0.5) is 0 Å². The number of methoxy groups -OCH3 is 1. The van der Waals surface area contributed by atoms with Gasteiger partial charge in [-0.1, -0.05) is 0 Å². The lowest BCUT2D eigenvalue weighted by molar-refractivity contribution is -0.150. The van der Waals surface area contributed by atoms with E-state index in [1.165, 1.54) is 7.11 Å². The molecule has 0 saturated heterocycles. The van der Waals surface area contributed by atoms with Gasteiger partial charge in [0.25, 0.3) is 0 Å². The van der Waals surface area contributed by atoms with E-state index in [2.05, 4.69) is 11.7 Å². The Morgan fingerprint density at radius 3 is 2.67 bits per heavy atom. The van der Waals surface area contributed by atoms with Gasteiger partial charge in [-0.25, -0.2) is 4.79 Å². The molecule has 0 aromatic rings. The number of hydrogen-bond donors (Lipinski definition) is 0. The number of ether oxygens (including phenoxy) is 2. The molecule has 0 aromatic heterocycles. The third-order valence-corrected chi connectivity index (χ3v) is 0.832. The summed E-state index contributed by atoms with van der Waals surface area (Å²) in [5, 5.41) is 0. The number of carbonyl (C=O) groups excluding carboxylic acids is 1. The van der Waals surface area contributed by atoms with Crippen LogP contribution in [0.5, 0.6) is 0 Å². The molecule has 0 spiro atoms. The SMILES string of the molecule is [CH2]C(OCC)C(=O)OC. The van der Waals surface area contributed by atoms with Crippen molar-refractivity contribution in [1.82, 2.24) is 0 Å². The third kappa shape index (κ3) is 3.08. The van der Waals surface area contributed by atoms with E-state index in [0.717, 1.165) is 0 Å². The fourth-order valence-electron chi connectivity index (χ4n) is 0.401. The molecule has 3 nitrogen and oxygen atoms in total. The van der Waals surface area contributed by atoms with Crippen molar-refractivity contribution < 1.29 is 14.3 Å². The van der Waals surface area contributed by atoms with Crippen LogP contribution in [-0.2, 0) is 14.3 Å². The maximum Gasteiger partial charge on any atom is 0.334 e. The van der Waals surface area contributed by atoms with Crippen molar-refractivity contribution in [2.75, 3.05) is 13.7 Å². The lowest BCUT2D eigenvalue weighted by atomic mass is 10.4. The smallest absolute Gasteiger partial charge is 0.334 e. The van der Waals surface area contributed by atoms with Crippen molar-refractivity contribution >= 4 is 5.97 Å². The molecule has 0 N–H and O–H groups in total. The summed E-state index contributed by atoms with van der Waals surface area (Å²) >= 11 is 0. The zero-order valence-corrected chi connectivity index (χ0v) is 5.72. The quantitative estimate of drug-likeness (QED) is 0.520. The molecule has 0 rings (SSSR count). The normalized spacial score (nSPS) is 12.8. The first-order valence-electron chi connectivity index (χ1n) is 2.74. The Morgan fingerprint density at radius 1 is 1.78 bits per heavy atom. The Balaban J connectivity index is 3.45. The number of rotatable bonds is 3. The van der Waals surface area contributed by atoms with E-state index >= 15 is 0 Å². The van der Waals surface area contributed by atoms with Crippen LogP contribution >= 0.6 is 0 Å². The molecule has 0 saturated carbocycles. The van der Waals surface area contributed by atoms with E-state index in [1.807, 2.05) is 0 Å². The van der Waals surface area contributed by atoms with E-state index in [-0.39, 0.29) is 0 Å². The van der Waals surface area contributed by atoms with Gasteiger partial charge in [0.05, 0.1) is 7.11 Å². The molecular weight excluding hydrogens is 120 g/mol. The standard InChI is InChI=1S/C6H11O3/c1-4-9-5(2)6(7)8-3/h5H,2,4H2,1,3H3. The summed E-state index contributed by atoms with van der Waals surface area (Å²) in [6.45, 7) is 5.67. The highest BCUT2D eigenvalue weighted by molar-refractivity contribution is 5.75. The average molecular weight is 131 g/mol. The molecule has 0 heterocycles. The minimum Gasteiger partial charge on any atom is -0.467 e. The van der Waals surface area contributed by atoms with Crippen LogP contribution in [0.25, 0.3) is 0 Å². The molecule has 1 unspecified atom stereocenters. The van der Waals surface area contributed by atoms with Crippen molar-refractivity contribution in [2.45, 2.75) is 13.0 Å². The van der Waals surface area contributed by atoms with Crippen LogP contribution in [-0.4, -0.2) is 25.8 Å². The molecule has 53 valence electrons. The van der Waals surface area contributed by atoms with Crippen molar-refractivity contribution in [3.8, 4) is 0 Å². The second-order valence-corrected chi connectivity index (χ2v) is 1.47. The first-order valence-corrected chi connectivity index (χ1v) is 2.74. The molecule has 9 heavy (non-hydrogen) atoms. The van der Waals surface area contributed by atoms with Crippen LogP contribution in [0.15, 0.2) is 0 Å². The second-order valence-electron chi connectivity index (χ2n) is 1.47. The van der Waals surface area contributed by atoms with Gasteiger partial charge in [-0.15, -0.1) is 0 Å². The molecular formula is C6H11O3. The van der Waals surface area contributed by atoms with E-state index in [0.29, 0.717) is 6.61 Å². The lowest BCUT2D eigenvalue weighted by Crippen LogP contribution is -2.22. The maximum absolute atomic E-state index is 10.5. The van der Waals surface area contributed by atoms with E-state index < -0.39 is 12.1 Å². The van der Waals surface area contributed by atoms with Crippen molar-refractivity contribution in [1.29, 1.82) is 0 Å². The molecule has 1 radical (unpaired) electrons. The van der Waals surface area contributed by atoms with Gasteiger partial charge in [0.1, 0.15) is 0 Å². The van der Waals surface area contributed by atoms with E-state index in [1.54, 1.807) is 6.92 Å². The summed E-state index contributed by atoms with van der Waals surface area (Å²) in [7, 11) is 1.31. The molecule has 0 aliphatic heterocycles. The lowest BCUT2D eigenvalue weighted by Gasteiger charge is -2.06. The van der Waals surface area contributed by atoms with Gasteiger partial charge in [0, 0.05) is 6.61 Å². The number of hydrogen-bond acceptors (Lipinski definition) is 3. The number of carbonyl (C=O) groups is 1. The van der Waals surface area contributed by atoms with Gasteiger partial charge < -0.3 is 9.47 Å². The fourth-order valence-corrected chi connectivity index (χ4v) is 0.401. The van der Waals surface area contributed by atoms with Gasteiger partial charge in [0.2, 0.25) is 0 Å². The monoisotopic (exact) mass is 131 g/mol. The summed E-state index contributed by atoms with van der Waals surface area (Å²) < 4.78 is 9.15. The Labute approximate surface area is 55.0 Å². The van der Waals surface area contributed by atoms with Gasteiger partial charge >= 0.3 is 5.97 Å². The molecule has 0 aromatic carbocycles. The van der Waals surface area contributed by atoms with Crippen LogP contribution in [0.2, 0.25) is 0 Å². The van der Waals surface area contributed by atoms with E-state index in [9.17, 15) is 4.79 Å². The zero-order valence-electron chi connectivity index (χ0n) is 5.72. The van der Waals surface area contributed by atoms with Gasteiger partial charge in [-0.3, -0.25) is 0 Å². The summed E-state index contributed by atoms with van der Waals surface area (Å²) in [6.07, 6.45) is -0.681. The van der Waals surface area contributed by atoms with Crippen LogP contribution in [0.1, 0.15) is 6.92 Å². The minimum absolute atomic E-state index is 0.433. The topological polar surface area (TPSA) is 35.5 Å². The Bertz CT molecular complexity index is 90.3. The minimum atomic E-state index is -0.681. The molecule has 1 atom stereocenters. The third-order valence-electron chi connectivity index (χ3n) is 0.832. The summed E-state index contributed by atoms with van der Waals surface area (Å²) in [6, 6.07) is 0. The zero-order chi connectivity index (χ0) is 7.28. The Kier molecular flexibility index (Phi) is 4.05. The van der Waals surface area contributed by atoms with Crippen molar-refractivity contribution in [3.63, 3.8) is 0 Å². The molecule has 3 heteroatoms. The fraction of sp³-hybridized carbons (Fsp3) is 0.667. The summed E-state index contributed by atoms with van der Waals surface area (Å²) in [5.74, 6) is -0.433. The first-order chi connectivity index (χ1) is 4.22. The maximum atomic E-state index is 10.5. The number of esters is 1. The highest BCUT2D eigenvalue weighted by Gasteiger charge is 2.11. The molecule has 0 amide bonds. The van der Waals surface area contributed by atoms with E-state index in [4.69, 9.17) is 4.74 Å². The largest absolute Gasteiger partial charge is 0.467 e. The highest BCUT2D eigenvalue weighted by atomic mass is 16.6. The first kappa shape index (κ1) is 8.43. The average Bonchev–Trinajstić information content (AvgIpc) is 1.87. The second kappa shape index (κ2) is 4.32. The van der Waals surface area contributed by atoms with Gasteiger partial charge in [-0.2, -0.15) is 0 Å². The van der Waals surface area contributed by atoms with Crippen LogP contribution in [0, 0.1) is 6.92 Å². The molecule has 0 bridgehead atoms. The van der Waals surface area contributed by atoms with Crippen LogP contribution in [0.3, 0.4) is 0 Å². The predicted octanol–water partition coefficient (Wildman–Crippen LogP) is 0.399. The Hall–Kier alpha value is -0.570. The Morgan fingerprint density at radius 2 is 2.33 bits per heavy atom. The summed E-state index contributed by atoms with van der Waals surface area (Å²) in [4.78, 5) is 10.5. The highest BCUT2D eigenvalue weighted by Crippen LogP contribution is 1.90. The predicted molar refractivity (Wildman–Crippen MR) is 32.8 cm³/mol.